The molecule has 126 valence electrons. The number of amides is 2. The Morgan fingerprint density at radius 3 is 3.04 bits per heavy atom. The van der Waals surface area contributed by atoms with Crippen molar-refractivity contribution in [1.29, 1.82) is 0 Å². The number of likely N-dealkylation sites (tertiary alicyclic amines) is 1. The van der Waals surface area contributed by atoms with Gasteiger partial charge in [-0.2, -0.15) is 0 Å². The molecule has 0 radical (unpaired) electrons. The SMILES string of the molecule is O=C1NCCN1[C@@H]1CCCN(CCCOc2cccc(Cl)c2)C1. The number of piperidine rings is 1. The highest BCUT2D eigenvalue weighted by atomic mass is 35.5. The summed E-state index contributed by atoms with van der Waals surface area (Å²) in [6.45, 7) is 5.41. The molecule has 6 heteroatoms. The molecule has 2 fully saturated rings. The van der Waals surface area contributed by atoms with Crippen molar-refractivity contribution in [1.82, 2.24) is 15.1 Å². The zero-order valence-corrected chi connectivity index (χ0v) is 14.1. The molecule has 1 aromatic rings. The standard InChI is InChI=1S/C17H24ClN3O2/c18-14-4-1-6-16(12-14)23-11-3-9-20-8-2-5-15(13-20)21-10-7-19-17(21)22/h1,4,6,12,15H,2-3,5,7-11,13H2,(H,19,22)/t15-/m1/s1. The second kappa shape index (κ2) is 7.88. The number of halogens is 1. The predicted octanol–water partition coefficient (Wildman–Crippen LogP) is 2.60. The first-order valence-electron chi connectivity index (χ1n) is 8.37. The molecular weight excluding hydrogens is 314 g/mol. The maximum Gasteiger partial charge on any atom is 0.317 e. The van der Waals surface area contributed by atoms with Gasteiger partial charge in [-0.1, -0.05) is 17.7 Å². The van der Waals surface area contributed by atoms with E-state index in [1.807, 2.05) is 29.2 Å². The minimum atomic E-state index is 0.0983. The smallest absolute Gasteiger partial charge is 0.317 e. The number of hydrogen-bond donors (Lipinski definition) is 1. The second-order valence-electron chi connectivity index (χ2n) is 6.18. The normalized spacial score (nSPS) is 22.2. The predicted molar refractivity (Wildman–Crippen MR) is 91.1 cm³/mol. The van der Waals surface area contributed by atoms with Crippen LogP contribution in [0.1, 0.15) is 19.3 Å². The van der Waals surface area contributed by atoms with E-state index in [-0.39, 0.29) is 6.03 Å². The zero-order chi connectivity index (χ0) is 16.1. The van der Waals surface area contributed by atoms with Gasteiger partial charge in [-0.05, 0) is 44.0 Å². The summed E-state index contributed by atoms with van der Waals surface area (Å²) in [5.74, 6) is 0.822. The maximum absolute atomic E-state index is 11.8. The maximum atomic E-state index is 11.8. The third-order valence-electron chi connectivity index (χ3n) is 4.49. The van der Waals surface area contributed by atoms with Crippen LogP contribution in [0.25, 0.3) is 0 Å². The van der Waals surface area contributed by atoms with Crippen molar-refractivity contribution < 1.29 is 9.53 Å². The Balaban J connectivity index is 1.39. The van der Waals surface area contributed by atoms with Gasteiger partial charge in [0.2, 0.25) is 0 Å². The minimum Gasteiger partial charge on any atom is -0.493 e. The van der Waals surface area contributed by atoms with Crippen molar-refractivity contribution in [3.05, 3.63) is 29.3 Å². The van der Waals surface area contributed by atoms with Gasteiger partial charge >= 0.3 is 6.03 Å². The van der Waals surface area contributed by atoms with Gasteiger partial charge in [-0.15, -0.1) is 0 Å². The van der Waals surface area contributed by atoms with E-state index in [2.05, 4.69) is 10.2 Å². The van der Waals surface area contributed by atoms with Crippen molar-refractivity contribution in [2.75, 3.05) is 39.3 Å². The number of ether oxygens (including phenoxy) is 1. The van der Waals surface area contributed by atoms with Crippen molar-refractivity contribution in [2.45, 2.75) is 25.3 Å². The van der Waals surface area contributed by atoms with Crippen molar-refractivity contribution >= 4 is 17.6 Å². The van der Waals surface area contributed by atoms with Crippen molar-refractivity contribution in [2.24, 2.45) is 0 Å². The lowest BCUT2D eigenvalue weighted by Gasteiger charge is -2.37. The van der Waals surface area contributed by atoms with Crippen LogP contribution in [0.15, 0.2) is 24.3 Å². The molecule has 2 aliphatic heterocycles. The van der Waals surface area contributed by atoms with Gasteiger partial charge in [0.1, 0.15) is 5.75 Å². The van der Waals surface area contributed by atoms with Crippen LogP contribution in [0.4, 0.5) is 4.79 Å². The number of nitrogens with zero attached hydrogens (tertiary/aromatic N) is 2. The number of urea groups is 1. The highest BCUT2D eigenvalue weighted by molar-refractivity contribution is 6.30. The Labute approximate surface area is 142 Å². The molecule has 0 unspecified atom stereocenters. The Hall–Kier alpha value is -1.46. The molecule has 3 rings (SSSR count). The Morgan fingerprint density at radius 2 is 2.26 bits per heavy atom. The highest BCUT2D eigenvalue weighted by Crippen LogP contribution is 2.19. The first kappa shape index (κ1) is 16.4. The van der Waals surface area contributed by atoms with Gasteiger partial charge in [-0.3, -0.25) is 0 Å². The average molecular weight is 338 g/mol. The molecule has 1 N–H and O–H groups in total. The molecule has 0 bridgehead atoms. The topological polar surface area (TPSA) is 44.8 Å². The van der Waals surface area contributed by atoms with Crippen LogP contribution in [0.3, 0.4) is 0 Å². The molecule has 2 heterocycles. The second-order valence-corrected chi connectivity index (χ2v) is 6.62. The summed E-state index contributed by atoms with van der Waals surface area (Å²) in [6.07, 6.45) is 3.25. The van der Waals surface area contributed by atoms with E-state index in [0.717, 1.165) is 57.7 Å². The molecule has 2 amide bonds. The van der Waals surface area contributed by atoms with Gasteiger partial charge in [-0.25, -0.2) is 4.79 Å². The Kier molecular flexibility index (Phi) is 5.62. The first-order valence-corrected chi connectivity index (χ1v) is 8.75. The van der Waals surface area contributed by atoms with Crippen LogP contribution in [-0.2, 0) is 0 Å². The molecule has 2 saturated heterocycles. The lowest BCUT2D eigenvalue weighted by Crippen LogP contribution is -2.49. The third kappa shape index (κ3) is 4.52. The molecule has 23 heavy (non-hydrogen) atoms. The summed E-state index contributed by atoms with van der Waals surface area (Å²) in [7, 11) is 0. The quantitative estimate of drug-likeness (QED) is 0.812. The van der Waals surface area contributed by atoms with E-state index < -0.39 is 0 Å². The molecule has 0 spiro atoms. The largest absolute Gasteiger partial charge is 0.493 e. The molecule has 1 atom stereocenters. The van der Waals surface area contributed by atoms with Crippen LogP contribution in [-0.4, -0.2) is 61.2 Å². The van der Waals surface area contributed by atoms with Crippen LogP contribution in [0, 0.1) is 0 Å². The van der Waals surface area contributed by atoms with Gasteiger partial charge < -0.3 is 19.9 Å². The average Bonchev–Trinajstić information content (AvgIpc) is 2.98. The molecule has 0 saturated carbocycles. The molecule has 0 aromatic heterocycles. The number of nitrogens with one attached hydrogen (secondary N) is 1. The molecule has 5 nitrogen and oxygen atoms in total. The van der Waals surface area contributed by atoms with Crippen LogP contribution >= 0.6 is 11.6 Å². The fourth-order valence-corrected chi connectivity index (χ4v) is 3.54. The molecule has 0 aliphatic carbocycles. The van der Waals surface area contributed by atoms with E-state index in [0.29, 0.717) is 17.7 Å². The lowest BCUT2D eigenvalue weighted by molar-refractivity contribution is 0.121. The summed E-state index contributed by atoms with van der Waals surface area (Å²) in [5, 5.41) is 3.59. The summed E-state index contributed by atoms with van der Waals surface area (Å²) < 4.78 is 5.74. The number of carbonyl (C=O) groups excluding carboxylic acids is 1. The monoisotopic (exact) mass is 337 g/mol. The van der Waals surface area contributed by atoms with Gasteiger partial charge in [0.15, 0.2) is 0 Å². The van der Waals surface area contributed by atoms with Crippen LogP contribution in [0.2, 0.25) is 5.02 Å². The summed E-state index contributed by atoms with van der Waals surface area (Å²) >= 11 is 5.94. The fourth-order valence-electron chi connectivity index (χ4n) is 3.36. The highest BCUT2D eigenvalue weighted by Gasteiger charge is 2.30. The summed E-state index contributed by atoms with van der Waals surface area (Å²) in [6, 6.07) is 7.96. The van der Waals surface area contributed by atoms with Gasteiger partial charge in [0.25, 0.3) is 0 Å². The summed E-state index contributed by atoms with van der Waals surface area (Å²) in [5.41, 5.74) is 0. The van der Waals surface area contributed by atoms with E-state index in [1.54, 1.807) is 0 Å². The molecule has 2 aliphatic rings. The van der Waals surface area contributed by atoms with Crippen LogP contribution < -0.4 is 10.1 Å². The van der Waals surface area contributed by atoms with Gasteiger partial charge in [0.05, 0.1) is 6.61 Å². The molecule has 1 aromatic carbocycles. The Bertz CT molecular complexity index is 540. The van der Waals surface area contributed by atoms with Crippen molar-refractivity contribution in [3.63, 3.8) is 0 Å². The summed E-state index contributed by atoms with van der Waals surface area (Å²) in [4.78, 5) is 16.2. The fraction of sp³-hybridized carbons (Fsp3) is 0.588. The molecular formula is C17H24ClN3O2. The number of rotatable bonds is 6. The Morgan fingerprint density at radius 1 is 1.35 bits per heavy atom. The van der Waals surface area contributed by atoms with Crippen LogP contribution in [0.5, 0.6) is 5.75 Å². The van der Waals surface area contributed by atoms with E-state index >= 15 is 0 Å². The lowest BCUT2D eigenvalue weighted by atomic mass is 10.0. The number of carbonyl (C=O) groups is 1. The van der Waals surface area contributed by atoms with E-state index in [1.165, 1.54) is 0 Å². The van der Waals surface area contributed by atoms with Gasteiger partial charge in [0, 0.05) is 37.2 Å². The van der Waals surface area contributed by atoms with E-state index in [9.17, 15) is 4.79 Å². The number of hydrogen-bond acceptors (Lipinski definition) is 3. The first-order chi connectivity index (χ1) is 11.2. The number of benzene rings is 1. The third-order valence-corrected chi connectivity index (χ3v) is 4.73. The van der Waals surface area contributed by atoms with E-state index in [4.69, 9.17) is 16.3 Å². The zero-order valence-electron chi connectivity index (χ0n) is 13.3. The van der Waals surface area contributed by atoms with Crippen molar-refractivity contribution in [3.8, 4) is 5.75 Å². The minimum absolute atomic E-state index is 0.0983.